The van der Waals surface area contributed by atoms with Crippen molar-refractivity contribution < 1.29 is 27.7 Å². The maximum atomic E-state index is 15.6. The van der Waals surface area contributed by atoms with E-state index in [1.165, 1.54) is 6.33 Å². The predicted molar refractivity (Wildman–Crippen MR) is 217 cm³/mol. The number of nitrogens with zero attached hydrogens (tertiary/aromatic N) is 6. The molecular weight excluding hydrogens is 755 g/mol. The molecule has 0 bridgehead atoms. The number of fused-ring (bicyclic) bond motifs is 1. The van der Waals surface area contributed by atoms with Crippen LogP contribution in [0, 0.1) is 6.92 Å². The Morgan fingerprint density at radius 1 is 0.966 bits per heavy atom. The second-order valence-electron chi connectivity index (χ2n) is 16.7. The Labute approximate surface area is 340 Å². The summed E-state index contributed by atoms with van der Waals surface area (Å²) in [5.74, 6) is -4.85. The maximum Gasteiger partial charge on any atom is 0.292 e. The summed E-state index contributed by atoms with van der Waals surface area (Å²) in [4.78, 5) is 47.2. The van der Waals surface area contributed by atoms with Gasteiger partial charge in [0.05, 0.1) is 29.6 Å². The van der Waals surface area contributed by atoms with E-state index in [1.54, 1.807) is 24.3 Å². The van der Waals surface area contributed by atoms with Crippen molar-refractivity contribution in [2.24, 2.45) is 0 Å². The number of hydrogen-bond donors (Lipinski definition) is 2. The van der Waals surface area contributed by atoms with Crippen molar-refractivity contribution in [1.82, 2.24) is 40.3 Å². The Bertz CT molecular complexity index is 2520. The molecule has 14 heteroatoms. The fourth-order valence-corrected chi connectivity index (χ4v) is 7.96. The van der Waals surface area contributed by atoms with E-state index in [9.17, 15) is 14.4 Å². The van der Waals surface area contributed by atoms with E-state index < -0.39 is 23.7 Å². The molecule has 0 radical (unpaired) electrons. The summed E-state index contributed by atoms with van der Waals surface area (Å²) >= 11 is 0. The van der Waals surface area contributed by atoms with E-state index in [-0.39, 0.29) is 36.0 Å². The zero-order valence-corrected chi connectivity index (χ0v) is 33.5. The molecule has 59 heavy (non-hydrogen) atoms. The van der Waals surface area contributed by atoms with Gasteiger partial charge in [0.1, 0.15) is 6.33 Å². The predicted octanol–water partition coefficient (Wildman–Crippen LogP) is 7.17. The van der Waals surface area contributed by atoms with Gasteiger partial charge in [-0.25, -0.2) is 18.3 Å². The van der Waals surface area contributed by atoms with Crippen LogP contribution in [-0.4, -0.2) is 72.9 Å². The van der Waals surface area contributed by atoms with Gasteiger partial charge < -0.3 is 9.84 Å². The fourth-order valence-electron chi connectivity index (χ4n) is 7.96. The number of alkyl halides is 2. The highest BCUT2D eigenvalue weighted by atomic mass is 19.3. The second kappa shape index (κ2) is 15.9. The lowest BCUT2D eigenvalue weighted by Crippen LogP contribution is -2.48. The van der Waals surface area contributed by atoms with Crippen LogP contribution < -0.4 is 10.6 Å². The van der Waals surface area contributed by atoms with Gasteiger partial charge in [-0.05, 0) is 78.2 Å². The van der Waals surface area contributed by atoms with Gasteiger partial charge in [-0.2, -0.15) is 10.1 Å². The molecule has 8 rings (SSSR count). The van der Waals surface area contributed by atoms with Crippen LogP contribution in [0.3, 0.4) is 0 Å². The van der Waals surface area contributed by atoms with Gasteiger partial charge in [-0.1, -0.05) is 86.6 Å². The fraction of sp³-hybridized carbons (Fsp3) is 0.356. The van der Waals surface area contributed by atoms with Crippen molar-refractivity contribution in [3.8, 4) is 22.4 Å². The number of carbonyl (C=O) groups excluding carboxylic acids is 3. The first-order valence-corrected chi connectivity index (χ1v) is 19.9. The van der Waals surface area contributed by atoms with Gasteiger partial charge >= 0.3 is 0 Å². The van der Waals surface area contributed by atoms with E-state index in [4.69, 9.17) is 4.52 Å². The lowest BCUT2D eigenvalue weighted by Gasteiger charge is -2.38. The molecule has 3 aromatic carbocycles. The van der Waals surface area contributed by atoms with Gasteiger partial charge in [0, 0.05) is 42.2 Å². The number of imide groups is 1. The summed E-state index contributed by atoms with van der Waals surface area (Å²) in [6.45, 7) is 8.86. The molecule has 2 unspecified atom stereocenters. The Morgan fingerprint density at radius 3 is 2.41 bits per heavy atom. The Hall–Kier alpha value is -6.15. The van der Waals surface area contributed by atoms with Crippen LogP contribution in [0.25, 0.3) is 27.9 Å². The monoisotopic (exact) mass is 800 g/mol. The molecule has 2 N–H and O–H groups in total. The van der Waals surface area contributed by atoms with E-state index in [0.717, 1.165) is 50.2 Å². The molecule has 6 aromatic rings. The molecule has 0 saturated carbocycles. The van der Waals surface area contributed by atoms with Crippen LogP contribution in [0.1, 0.15) is 96.2 Å². The number of rotatable bonds is 10. The highest BCUT2D eigenvalue weighted by Crippen LogP contribution is 2.41. The van der Waals surface area contributed by atoms with Crippen molar-refractivity contribution in [2.45, 2.75) is 83.1 Å². The largest absolute Gasteiger partial charge is 0.345 e. The van der Waals surface area contributed by atoms with Crippen LogP contribution in [0.15, 0.2) is 89.8 Å². The van der Waals surface area contributed by atoms with Gasteiger partial charge in [0.25, 0.3) is 17.7 Å². The quantitative estimate of drug-likeness (QED) is 0.138. The first-order valence-electron chi connectivity index (χ1n) is 19.9. The topological polar surface area (TPSA) is 148 Å². The summed E-state index contributed by atoms with van der Waals surface area (Å²) in [7, 11) is 0. The van der Waals surface area contributed by atoms with E-state index in [1.807, 2.05) is 85.8 Å². The smallest absolute Gasteiger partial charge is 0.292 e. The molecule has 2 saturated heterocycles. The molecule has 2 aliphatic rings. The third-order valence-electron chi connectivity index (χ3n) is 11.4. The number of carbonyl (C=O) groups is 3. The normalized spacial score (nSPS) is 18.5. The number of aryl methyl sites for hydroxylation is 1. The van der Waals surface area contributed by atoms with Gasteiger partial charge in [-0.15, -0.1) is 0 Å². The zero-order valence-electron chi connectivity index (χ0n) is 33.5. The SMILES string of the molecule is Cc1cc(-c2ncnn3cc(-c4ccc(CCN5CCC(c6ccc(C7CCC(=O)NC7=O)cc6)C(F)(F)C5)cc4)cc23)ccc1CNC(=O)c1noc(C(C)(C)C)n1. The van der Waals surface area contributed by atoms with Crippen LogP contribution in [-0.2, 0) is 28.0 Å². The van der Waals surface area contributed by atoms with Gasteiger partial charge in [0.15, 0.2) is 0 Å². The number of nitrogens with one attached hydrogen (secondary N) is 2. The minimum atomic E-state index is -2.90. The lowest BCUT2D eigenvalue weighted by atomic mass is 9.84. The summed E-state index contributed by atoms with van der Waals surface area (Å²) < 4.78 is 38.2. The summed E-state index contributed by atoms with van der Waals surface area (Å²) in [5.41, 5.74) is 8.43. The molecule has 0 aliphatic carbocycles. The molecule has 2 aliphatic heterocycles. The molecule has 0 spiro atoms. The molecule has 5 heterocycles. The zero-order chi connectivity index (χ0) is 41.5. The third-order valence-corrected chi connectivity index (χ3v) is 11.4. The third kappa shape index (κ3) is 8.54. The van der Waals surface area contributed by atoms with Crippen LogP contribution in [0.4, 0.5) is 8.78 Å². The maximum absolute atomic E-state index is 15.6. The molecule has 2 atom stereocenters. The number of halogens is 2. The molecular formula is C45H46F2N8O4. The van der Waals surface area contributed by atoms with Gasteiger partial charge in [0.2, 0.25) is 17.7 Å². The number of likely N-dealkylation sites (tertiary alicyclic amines) is 1. The molecule has 12 nitrogen and oxygen atoms in total. The number of amides is 3. The average Bonchev–Trinajstić information content (AvgIpc) is 3.89. The molecule has 304 valence electrons. The second-order valence-corrected chi connectivity index (χ2v) is 16.7. The Morgan fingerprint density at radius 2 is 1.71 bits per heavy atom. The summed E-state index contributed by atoms with van der Waals surface area (Å²) in [6.07, 6.45) is 5.16. The Balaban J connectivity index is 0.870. The van der Waals surface area contributed by atoms with Crippen molar-refractivity contribution in [3.05, 3.63) is 125 Å². The van der Waals surface area contributed by atoms with Crippen LogP contribution in [0.5, 0.6) is 0 Å². The average molecular weight is 801 g/mol. The summed E-state index contributed by atoms with van der Waals surface area (Å²) in [5, 5.41) is 13.5. The lowest BCUT2D eigenvalue weighted by molar-refractivity contribution is -0.134. The minimum absolute atomic E-state index is 0.000969. The molecule has 2 fully saturated rings. The molecule has 3 aromatic heterocycles. The standard InChI is InChI=1S/C45H46F2N8O4/c1-27-21-32(13-14-33(27)23-48-42(58)40-52-43(59-53-40)44(2,3)4)39-37-22-34(24-55(37)50-26-49-39)29-7-5-28(6-8-29)17-19-54-20-18-36(45(46,47)25-54)31-11-9-30(10-12-31)35-15-16-38(56)51-41(35)57/h5-14,21-22,24,26,35-36H,15-20,23,25H2,1-4H3,(H,48,58)(H,51,56,57). The van der Waals surface area contributed by atoms with Crippen molar-refractivity contribution in [3.63, 3.8) is 0 Å². The highest BCUT2D eigenvalue weighted by molar-refractivity contribution is 6.01. The van der Waals surface area contributed by atoms with E-state index >= 15 is 8.78 Å². The van der Waals surface area contributed by atoms with Crippen LogP contribution >= 0.6 is 0 Å². The van der Waals surface area contributed by atoms with Crippen molar-refractivity contribution in [2.75, 3.05) is 19.6 Å². The van der Waals surface area contributed by atoms with E-state index in [2.05, 4.69) is 36.9 Å². The number of aromatic nitrogens is 5. The number of hydrogen-bond acceptors (Lipinski definition) is 9. The summed E-state index contributed by atoms with van der Waals surface area (Å²) in [6, 6.07) is 23.1. The number of piperidine rings is 2. The first kappa shape index (κ1) is 39.7. The molecule has 3 amide bonds. The van der Waals surface area contributed by atoms with Crippen molar-refractivity contribution in [1.29, 1.82) is 0 Å². The van der Waals surface area contributed by atoms with Crippen LogP contribution in [0.2, 0.25) is 0 Å². The van der Waals surface area contributed by atoms with Gasteiger partial charge in [-0.3, -0.25) is 24.6 Å². The first-order chi connectivity index (χ1) is 28.2. The minimum Gasteiger partial charge on any atom is -0.345 e. The Kier molecular flexibility index (Phi) is 10.7. The van der Waals surface area contributed by atoms with Crippen molar-refractivity contribution >= 4 is 23.2 Å². The number of benzene rings is 3. The highest BCUT2D eigenvalue weighted by Gasteiger charge is 2.45. The van der Waals surface area contributed by atoms with E-state index in [0.29, 0.717) is 50.4 Å².